The fourth-order valence-corrected chi connectivity index (χ4v) is 1.64. The molecule has 0 aliphatic carbocycles. The fourth-order valence-electron chi connectivity index (χ4n) is 1.64. The summed E-state index contributed by atoms with van der Waals surface area (Å²) in [5, 5.41) is 0. The van der Waals surface area contributed by atoms with E-state index in [4.69, 9.17) is 0 Å². The SMILES string of the molecule is C=CCC(C=C)N1CCCC1. The van der Waals surface area contributed by atoms with E-state index in [2.05, 4.69) is 18.1 Å². The van der Waals surface area contributed by atoms with E-state index < -0.39 is 0 Å². The lowest BCUT2D eigenvalue weighted by atomic mass is 10.2. The molecule has 1 nitrogen and oxygen atoms in total. The summed E-state index contributed by atoms with van der Waals surface area (Å²) in [6.45, 7) is 10.1. The second-order valence-corrected chi connectivity index (χ2v) is 3.07. The maximum atomic E-state index is 3.83. The van der Waals surface area contributed by atoms with E-state index in [1.165, 1.54) is 25.9 Å². The van der Waals surface area contributed by atoms with Gasteiger partial charge < -0.3 is 0 Å². The fraction of sp³-hybridized carbons (Fsp3) is 0.600. The highest BCUT2D eigenvalue weighted by atomic mass is 15.2. The number of nitrogens with zero attached hydrogens (tertiary/aromatic N) is 1. The Kier molecular flexibility index (Phi) is 3.37. The van der Waals surface area contributed by atoms with Crippen molar-refractivity contribution in [2.75, 3.05) is 13.1 Å². The Morgan fingerprint density at radius 2 is 1.91 bits per heavy atom. The van der Waals surface area contributed by atoms with Crippen molar-refractivity contribution in [1.29, 1.82) is 0 Å². The molecule has 1 aliphatic rings. The van der Waals surface area contributed by atoms with Crippen LogP contribution < -0.4 is 0 Å². The highest BCUT2D eigenvalue weighted by Crippen LogP contribution is 2.14. The molecule has 0 aromatic carbocycles. The van der Waals surface area contributed by atoms with Gasteiger partial charge in [0.2, 0.25) is 0 Å². The number of rotatable bonds is 4. The van der Waals surface area contributed by atoms with Crippen molar-refractivity contribution < 1.29 is 0 Å². The number of hydrogen-bond acceptors (Lipinski definition) is 1. The third-order valence-electron chi connectivity index (χ3n) is 2.29. The third kappa shape index (κ3) is 2.19. The second-order valence-electron chi connectivity index (χ2n) is 3.07. The van der Waals surface area contributed by atoms with Gasteiger partial charge in [-0.2, -0.15) is 0 Å². The molecular formula is C10H17N. The predicted molar refractivity (Wildman–Crippen MR) is 49.6 cm³/mol. The van der Waals surface area contributed by atoms with Crippen LogP contribution in [0.15, 0.2) is 25.3 Å². The standard InChI is InChI=1S/C10H17N/c1-3-7-10(4-2)11-8-5-6-9-11/h3-4,10H,1-2,5-9H2. The summed E-state index contributed by atoms with van der Waals surface area (Å²) in [5.41, 5.74) is 0. The van der Waals surface area contributed by atoms with Crippen LogP contribution in [0.1, 0.15) is 19.3 Å². The molecule has 1 heteroatoms. The van der Waals surface area contributed by atoms with Gasteiger partial charge in [0.15, 0.2) is 0 Å². The van der Waals surface area contributed by atoms with Crippen LogP contribution in [0.25, 0.3) is 0 Å². The Hall–Kier alpha value is -0.560. The summed E-state index contributed by atoms with van der Waals surface area (Å²) in [6.07, 6.45) is 7.75. The molecule has 0 spiro atoms. The first-order valence-electron chi connectivity index (χ1n) is 4.36. The average molecular weight is 151 g/mol. The molecule has 0 bridgehead atoms. The van der Waals surface area contributed by atoms with Crippen LogP contribution in [0.2, 0.25) is 0 Å². The molecule has 11 heavy (non-hydrogen) atoms. The van der Waals surface area contributed by atoms with Gasteiger partial charge in [-0.3, -0.25) is 4.90 Å². The normalized spacial score (nSPS) is 21.5. The first-order chi connectivity index (χ1) is 5.38. The van der Waals surface area contributed by atoms with Gasteiger partial charge >= 0.3 is 0 Å². The summed E-state index contributed by atoms with van der Waals surface area (Å²) < 4.78 is 0. The van der Waals surface area contributed by atoms with Gasteiger partial charge in [-0.25, -0.2) is 0 Å². The summed E-state index contributed by atoms with van der Waals surface area (Å²) in [6, 6.07) is 0.537. The van der Waals surface area contributed by atoms with Crippen molar-refractivity contribution >= 4 is 0 Å². The lowest BCUT2D eigenvalue weighted by Crippen LogP contribution is -2.30. The minimum atomic E-state index is 0.537. The second kappa shape index (κ2) is 4.35. The molecule has 1 rings (SSSR count). The van der Waals surface area contributed by atoms with E-state index in [1.807, 2.05) is 12.2 Å². The minimum absolute atomic E-state index is 0.537. The quantitative estimate of drug-likeness (QED) is 0.557. The Morgan fingerprint density at radius 1 is 1.27 bits per heavy atom. The highest BCUT2D eigenvalue weighted by molar-refractivity contribution is 4.93. The zero-order valence-corrected chi connectivity index (χ0v) is 7.13. The average Bonchev–Trinajstić information content (AvgIpc) is 2.52. The zero-order valence-electron chi connectivity index (χ0n) is 7.13. The van der Waals surface area contributed by atoms with E-state index in [-0.39, 0.29) is 0 Å². The van der Waals surface area contributed by atoms with Crippen LogP contribution in [0.5, 0.6) is 0 Å². The van der Waals surface area contributed by atoms with Crippen LogP contribution >= 0.6 is 0 Å². The summed E-state index contributed by atoms with van der Waals surface area (Å²) in [4.78, 5) is 2.48. The van der Waals surface area contributed by atoms with Crippen molar-refractivity contribution in [2.45, 2.75) is 25.3 Å². The molecule has 1 saturated heterocycles. The van der Waals surface area contributed by atoms with Crippen LogP contribution in [0.3, 0.4) is 0 Å². The molecule has 0 amide bonds. The number of likely N-dealkylation sites (tertiary alicyclic amines) is 1. The van der Waals surface area contributed by atoms with Gasteiger partial charge in [0.25, 0.3) is 0 Å². The molecule has 1 heterocycles. The van der Waals surface area contributed by atoms with E-state index in [1.54, 1.807) is 0 Å². The van der Waals surface area contributed by atoms with Crippen molar-refractivity contribution in [3.63, 3.8) is 0 Å². The molecule has 1 aliphatic heterocycles. The zero-order chi connectivity index (χ0) is 8.10. The van der Waals surface area contributed by atoms with E-state index >= 15 is 0 Å². The summed E-state index contributed by atoms with van der Waals surface area (Å²) in [7, 11) is 0. The van der Waals surface area contributed by atoms with Gasteiger partial charge in [0, 0.05) is 6.04 Å². The monoisotopic (exact) mass is 151 g/mol. The van der Waals surface area contributed by atoms with Crippen molar-refractivity contribution in [3.8, 4) is 0 Å². The largest absolute Gasteiger partial charge is 0.297 e. The van der Waals surface area contributed by atoms with Gasteiger partial charge in [-0.05, 0) is 32.4 Å². The van der Waals surface area contributed by atoms with Crippen molar-refractivity contribution in [1.82, 2.24) is 4.90 Å². The first-order valence-corrected chi connectivity index (χ1v) is 4.36. The van der Waals surface area contributed by atoms with Crippen molar-refractivity contribution in [2.24, 2.45) is 0 Å². The minimum Gasteiger partial charge on any atom is -0.297 e. The molecule has 0 N–H and O–H groups in total. The van der Waals surface area contributed by atoms with Crippen LogP contribution in [0, 0.1) is 0 Å². The van der Waals surface area contributed by atoms with Gasteiger partial charge in [-0.15, -0.1) is 13.2 Å². The molecule has 1 fully saturated rings. The third-order valence-corrected chi connectivity index (χ3v) is 2.29. The molecule has 1 unspecified atom stereocenters. The molecular weight excluding hydrogens is 134 g/mol. The van der Waals surface area contributed by atoms with E-state index in [9.17, 15) is 0 Å². The van der Waals surface area contributed by atoms with Crippen LogP contribution in [-0.2, 0) is 0 Å². The van der Waals surface area contributed by atoms with Crippen LogP contribution in [-0.4, -0.2) is 24.0 Å². The van der Waals surface area contributed by atoms with Gasteiger partial charge in [0.05, 0.1) is 0 Å². The summed E-state index contributed by atoms with van der Waals surface area (Å²) >= 11 is 0. The summed E-state index contributed by atoms with van der Waals surface area (Å²) in [5.74, 6) is 0. The van der Waals surface area contributed by atoms with Gasteiger partial charge in [0.1, 0.15) is 0 Å². The first kappa shape index (κ1) is 8.54. The predicted octanol–water partition coefficient (Wildman–Crippen LogP) is 2.21. The molecule has 0 aromatic rings. The van der Waals surface area contributed by atoms with Gasteiger partial charge in [-0.1, -0.05) is 12.2 Å². The molecule has 62 valence electrons. The maximum Gasteiger partial charge on any atom is 0.0309 e. The Bertz CT molecular complexity index is 134. The molecule has 0 saturated carbocycles. The Balaban J connectivity index is 2.39. The molecule has 0 radical (unpaired) electrons. The molecule has 1 atom stereocenters. The Labute approximate surface area is 69.4 Å². The van der Waals surface area contributed by atoms with E-state index in [0.717, 1.165) is 6.42 Å². The van der Waals surface area contributed by atoms with Crippen LogP contribution in [0.4, 0.5) is 0 Å². The smallest absolute Gasteiger partial charge is 0.0309 e. The Morgan fingerprint density at radius 3 is 2.36 bits per heavy atom. The van der Waals surface area contributed by atoms with E-state index in [0.29, 0.717) is 6.04 Å². The molecule has 0 aromatic heterocycles. The lowest BCUT2D eigenvalue weighted by molar-refractivity contribution is 0.285. The topological polar surface area (TPSA) is 3.24 Å². The lowest BCUT2D eigenvalue weighted by Gasteiger charge is -2.22. The maximum absolute atomic E-state index is 3.83. The highest BCUT2D eigenvalue weighted by Gasteiger charge is 2.17. The number of hydrogen-bond donors (Lipinski definition) is 0. The van der Waals surface area contributed by atoms with Crippen molar-refractivity contribution in [3.05, 3.63) is 25.3 Å².